The first-order chi connectivity index (χ1) is 17.1. The van der Waals surface area contributed by atoms with Crippen molar-refractivity contribution in [3.05, 3.63) is 28.2 Å². The predicted octanol–water partition coefficient (Wildman–Crippen LogP) is 3.54. The van der Waals surface area contributed by atoms with Crippen LogP contribution in [-0.2, 0) is 9.59 Å². The number of amides is 2. The maximum atomic E-state index is 13.5. The number of nitrogens with zero attached hydrogens (tertiary/aromatic N) is 3. The van der Waals surface area contributed by atoms with Gasteiger partial charge >= 0.3 is 6.18 Å². The molecule has 5 fully saturated rings. The zero-order valence-corrected chi connectivity index (χ0v) is 21.0. The van der Waals surface area contributed by atoms with Crippen LogP contribution in [0.2, 0.25) is 10.0 Å². The van der Waals surface area contributed by atoms with Crippen LogP contribution in [0, 0.1) is 41.4 Å². The molecule has 36 heavy (non-hydrogen) atoms. The summed E-state index contributed by atoms with van der Waals surface area (Å²) in [6, 6.07) is 5.61. The van der Waals surface area contributed by atoms with Crippen LogP contribution in [0.3, 0.4) is 0 Å². The third kappa shape index (κ3) is 3.92. The van der Waals surface area contributed by atoms with E-state index < -0.39 is 47.8 Å². The maximum Gasteiger partial charge on any atom is 0.394 e. The molecule has 8 atom stereocenters. The first-order valence-electron chi connectivity index (χ1n) is 12.6. The summed E-state index contributed by atoms with van der Waals surface area (Å²) < 4.78 is 40.5. The second-order valence-corrected chi connectivity index (χ2v) is 11.9. The Kier molecular flexibility index (Phi) is 6.02. The lowest BCUT2D eigenvalue weighted by atomic mass is 9.73. The first kappa shape index (κ1) is 24.8. The molecule has 0 aromatic heterocycles. The van der Waals surface area contributed by atoms with Gasteiger partial charge in [-0.15, -0.1) is 0 Å². The lowest BCUT2D eigenvalue weighted by Gasteiger charge is -2.36. The van der Waals surface area contributed by atoms with Crippen molar-refractivity contribution in [2.45, 2.75) is 25.1 Å². The van der Waals surface area contributed by atoms with E-state index in [4.69, 9.17) is 23.2 Å². The fraction of sp³-hybridized carbons (Fsp3) is 0.680. The van der Waals surface area contributed by atoms with Gasteiger partial charge in [0.15, 0.2) is 0 Å². The average Bonchev–Trinajstić information content (AvgIpc) is 3.17. The predicted molar refractivity (Wildman–Crippen MR) is 128 cm³/mol. The molecule has 2 bridgehead atoms. The molecule has 2 saturated heterocycles. The number of carbonyl (C=O) groups excluding carboxylic acids is 2. The summed E-state index contributed by atoms with van der Waals surface area (Å²) in [7, 11) is 0. The van der Waals surface area contributed by atoms with Gasteiger partial charge in [-0.2, -0.15) is 13.2 Å². The minimum Gasteiger partial charge on any atom is -0.392 e. The van der Waals surface area contributed by atoms with Crippen LogP contribution in [0.15, 0.2) is 18.2 Å². The summed E-state index contributed by atoms with van der Waals surface area (Å²) in [6.07, 6.45) is -5.16. The molecule has 0 spiro atoms. The number of hydrogen-bond donors (Lipinski definition) is 1. The average molecular weight is 546 g/mol. The molecule has 1 aromatic carbocycles. The Morgan fingerprint density at radius 1 is 0.917 bits per heavy atom. The smallest absolute Gasteiger partial charge is 0.392 e. The van der Waals surface area contributed by atoms with Crippen molar-refractivity contribution < 1.29 is 27.9 Å². The lowest BCUT2D eigenvalue weighted by molar-refractivity contribution is -0.219. The monoisotopic (exact) mass is 545 g/mol. The van der Waals surface area contributed by atoms with E-state index in [9.17, 15) is 27.9 Å². The number of aliphatic hydroxyl groups excluding tert-OH is 1. The van der Waals surface area contributed by atoms with Gasteiger partial charge in [0, 0.05) is 39.3 Å². The second-order valence-electron chi connectivity index (χ2n) is 11.1. The van der Waals surface area contributed by atoms with Crippen molar-refractivity contribution in [3.63, 3.8) is 0 Å². The number of imide groups is 1. The summed E-state index contributed by atoms with van der Waals surface area (Å²) >= 11 is 12.5. The van der Waals surface area contributed by atoms with E-state index in [2.05, 4.69) is 9.80 Å². The molecule has 2 heterocycles. The number of alkyl halides is 3. The van der Waals surface area contributed by atoms with Crippen molar-refractivity contribution in [1.82, 2.24) is 9.80 Å². The minimum absolute atomic E-state index is 0.102. The van der Waals surface area contributed by atoms with E-state index in [1.54, 1.807) is 6.07 Å². The summed E-state index contributed by atoms with van der Waals surface area (Å²) in [6.45, 7) is 4.49. The van der Waals surface area contributed by atoms with Gasteiger partial charge in [-0.05, 0) is 48.6 Å². The number of rotatable bonds is 5. The molecular formula is C25H28Cl2F3N3O3. The van der Waals surface area contributed by atoms with Gasteiger partial charge in [0.2, 0.25) is 11.8 Å². The molecule has 0 radical (unpaired) electrons. The number of anilines is 1. The zero-order chi connectivity index (χ0) is 25.5. The van der Waals surface area contributed by atoms with Crippen molar-refractivity contribution in [3.8, 4) is 0 Å². The first-order valence-corrected chi connectivity index (χ1v) is 13.3. The lowest BCUT2D eigenvalue weighted by Crippen LogP contribution is -2.47. The second kappa shape index (κ2) is 8.75. The van der Waals surface area contributed by atoms with E-state index in [1.807, 2.05) is 12.1 Å². The number of carbonyl (C=O) groups is 2. The number of aliphatic hydroxyl groups is 1. The highest BCUT2D eigenvalue weighted by molar-refractivity contribution is 6.43. The number of piperazine rings is 1. The van der Waals surface area contributed by atoms with Crippen LogP contribution in [0.25, 0.3) is 0 Å². The standard InChI is InChI=1S/C25H28Cl2F3N3O3/c26-16-2-1-3-17(21(16)27)32-6-4-31(5-7-32)10-12-8-13(12)11-33-23(35)18-14-9-15(19(18)24(33)36)22(34)20(14)25(28,29)30/h1-3,12-15,18-20,22,34H,4-11H2/t12-,13-,14?,15?,18?,19?,20?,22?/m1/s1. The summed E-state index contributed by atoms with van der Waals surface area (Å²) in [5, 5.41) is 11.4. The highest BCUT2D eigenvalue weighted by atomic mass is 35.5. The van der Waals surface area contributed by atoms with E-state index in [0.29, 0.717) is 16.0 Å². The molecule has 1 N–H and O–H groups in total. The normalized spacial score (nSPS) is 38.3. The molecular weight excluding hydrogens is 518 g/mol. The number of fused-ring (bicyclic) bond motifs is 5. The fourth-order valence-corrected chi connectivity index (χ4v) is 7.79. The van der Waals surface area contributed by atoms with Gasteiger partial charge in [0.05, 0.1) is 39.6 Å². The van der Waals surface area contributed by atoms with Crippen LogP contribution >= 0.6 is 23.2 Å². The molecule has 2 aliphatic heterocycles. The van der Waals surface area contributed by atoms with Crippen molar-refractivity contribution in [2.24, 2.45) is 41.4 Å². The quantitative estimate of drug-likeness (QED) is 0.573. The third-order valence-corrected chi connectivity index (χ3v) is 10.0. The highest BCUT2D eigenvalue weighted by Gasteiger charge is 2.71. The van der Waals surface area contributed by atoms with Crippen molar-refractivity contribution in [1.29, 1.82) is 0 Å². The maximum absolute atomic E-state index is 13.5. The summed E-state index contributed by atoms with van der Waals surface area (Å²) in [5.74, 6) is -5.69. The third-order valence-electron chi connectivity index (χ3n) is 9.22. The number of halogens is 5. The van der Waals surface area contributed by atoms with Gasteiger partial charge in [-0.1, -0.05) is 29.3 Å². The van der Waals surface area contributed by atoms with Crippen LogP contribution in [0.1, 0.15) is 12.8 Å². The number of likely N-dealkylation sites (tertiary alicyclic amines) is 1. The van der Waals surface area contributed by atoms with Crippen molar-refractivity contribution in [2.75, 3.05) is 44.2 Å². The Morgan fingerprint density at radius 3 is 2.22 bits per heavy atom. The molecule has 5 aliphatic rings. The summed E-state index contributed by atoms with van der Waals surface area (Å²) in [4.78, 5) is 31.9. The van der Waals surface area contributed by atoms with E-state index in [0.717, 1.165) is 44.8 Å². The highest BCUT2D eigenvalue weighted by Crippen LogP contribution is 2.62. The van der Waals surface area contributed by atoms with Crippen LogP contribution in [-0.4, -0.2) is 78.3 Å². The van der Waals surface area contributed by atoms with Gasteiger partial charge in [0.25, 0.3) is 0 Å². The topological polar surface area (TPSA) is 64.1 Å². The Hall–Kier alpha value is -1.55. The van der Waals surface area contributed by atoms with E-state index in [-0.39, 0.29) is 24.8 Å². The van der Waals surface area contributed by atoms with Crippen molar-refractivity contribution >= 4 is 40.7 Å². The molecule has 6 rings (SSSR count). The Labute approximate surface area is 217 Å². The summed E-state index contributed by atoms with van der Waals surface area (Å²) in [5.41, 5.74) is 0.927. The van der Waals surface area contributed by atoms with Crippen LogP contribution in [0.5, 0.6) is 0 Å². The van der Waals surface area contributed by atoms with Gasteiger partial charge in [-0.25, -0.2) is 0 Å². The molecule has 6 nitrogen and oxygen atoms in total. The molecule has 3 saturated carbocycles. The van der Waals surface area contributed by atoms with Gasteiger partial charge < -0.3 is 10.0 Å². The Balaban J connectivity index is 1.03. The number of hydrogen-bond acceptors (Lipinski definition) is 5. The van der Waals surface area contributed by atoms with Gasteiger partial charge in [-0.3, -0.25) is 19.4 Å². The van der Waals surface area contributed by atoms with Crippen LogP contribution in [0.4, 0.5) is 18.9 Å². The van der Waals surface area contributed by atoms with Gasteiger partial charge in [0.1, 0.15) is 0 Å². The zero-order valence-electron chi connectivity index (χ0n) is 19.5. The fourth-order valence-electron chi connectivity index (χ4n) is 7.37. The minimum atomic E-state index is -4.57. The number of benzene rings is 1. The molecule has 11 heteroatoms. The molecule has 2 amide bonds. The largest absolute Gasteiger partial charge is 0.394 e. The van der Waals surface area contributed by atoms with E-state index in [1.165, 1.54) is 4.90 Å². The SMILES string of the molecule is O=C1C2C3CC(C2C(=O)N1C[C@H]1C[C@@H]1CN1CCN(c2cccc(Cl)c2Cl)CC1)C(C(F)(F)F)C3O. The molecule has 1 aromatic rings. The Morgan fingerprint density at radius 2 is 1.56 bits per heavy atom. The van der Waals surface area contributed by atoms with E-state index >= 15 is 0 Å². The molecule has 6 unspecified atom stereocenters. The van der Waals surface area contributed by atoms with Crippen LogP contribution < -0.4 is 4.90 Å². The molecule has 3 aliphatic carbocycles. The molecule has 196 valence electrons. The Bertz CT molecular complexity index is 1080.